The molecule has 0 aliphatic rings. The molecule has 0 saturated heterocycles. The van der Waals surface area contributed by atoms with Crippen LogP contribution in [0, 0.1) is 11.8 Å². The molecule has 0 radical (unpaired) electrons. The van der Waals surface area contributed by atoms with Crippen LogP contribution >= 0.6 is 0 Å². The molecule has 2 atom stereocenters. The number of sulfone groups is 2. The molecule has 156 valence electrons. The second kappa shape index (κ2) is 12.1. The van der Waals surface area contributed by atoms with Gasteiger partial charge in [-0.15, -0.1) is 13.2 Å². The highest BCUT2D eigenvalue weighted by Gasteiger charge is 2.28. The summed E-state index contributed by atoms with van der Waals surface area (Å²) in [6.45, 7) is 9.74. The molecule has 0 aromatic rings. The standard InChI is InChI=1S/C18H30O7S2/c1-5-7-9-11-26(21,22)13-15(3)17(19)25-18(20)16(4)14-27(23,24)12-10-8-6-2/h5-6,15-16H,1-2,7-14H2,3-4H3. The number of ether oxygens (including phenoxy) is 1. The molecule has 0 heterocycles. The molecule has 0 aromatic carbocycles. The van der Waals surface area contributed by atoms with Crippen LogP contribution in [0.5, 0.6) is 0 Å². The molecule has 9 heteroatoms. The first-order chi connectivity index (χ1) is 12.4. The Bertz CT molecular complexity index is 659. The molecular weight excluding hydrogens is 392 g/mol. The maximum atomic E-state index is 12.0. The van der Waals surface area contributed by atoms with E-state index < -0.39 is 55.0 Å². The predicted molar refractivity (Wildman–Crippen MR) is 106 cm³/mol. The van der Waals surface area contributed by atoms with Crippen molar-refractivity contribution in [1.82, 2.24) is 0 Å². The fraction of sp³-hybridized carbons (Fsp3) is 0.667. The third-order valence-corrected chi connectivity index (χ3v) is 7.58. The molecule has 0 fully saturated rings. The Morgan fingerprint density at radius 3 is 1.44 bits per heavy atom. The van der Waals surface area contributed by atoms with Crippen molar-refractivity contribution in [3.8, 4) is 0 Å². The molecular formula is C18H30O7S2. The van der Waals surface area contributed by atoms with Gasteiger partial charge in [0.1, 0.15) is 0 Å². The fourth-order valence-electron chi connectivity index (χ4n) is 2.26. The van der Waals surface area contributed by atoms with Crippen molar-refractivity contribution >= 4 is 31.6 Å². The van der Waals surface area contributed by atoms with Gasteiger partial charge < -0.3 is 4.74 Å². The Balaban J connectivity index is 4.59. The van der Waals surface area contributed by atoms with Gasteiger partial charge in [0.2, 0.25) is 0 Å². The molecule has 0 N–H and O–H groups in total. The van der Waals surface area contributed by atoms with Crippen molar-refractivity contribution in [3.63, 3.8) is 0 Å². The minimum absolute atomic E-state index is 0.0794. The van der Waals surface area contributed by atoms with Gasteiger partial charge in [-0.05, 0) is 25.7 Å². The van der Waals surface area contributed by atoms with Crippen molar-refractivity contribution in [2.75, 3.05) is 23.0 Å². The summed E-state index contributed by atoms with van der Waals surface area (Å²) in [6, 6.07) is 0. The third-order valence-electron chi connectivity index (χ3n) is 3.74. The fourth-order valence-corrected chi connectivity index (χ4v) is 5.60. The van der Waals surface area contributed by atoms with E-state index in [0.717, 1.165) is 0 Å². The number of unbranched alkanes of at least 4 members (excludes halogenated alkanes) is 2. The summed E-state index contributed by atoms with van der Waals surface area (Å²) in [6.07, 6.45) is 5.14. The van der Waals surface area contributed by atoms with E-state index in [0.29, 0.717) is 25.7 Å². The average Bonchev–Trinajstić information content (AvgIpc) is 2.53. The molecule has 0 aliphatic heterocycles. The first-order valence-corrected chi connectivity index (χ1v) is 12.5. The van der Waals surface area contributed by atoms with E-state index in [1.54, 1.807) is 12.2 Å². The lowest BCUT2D eigenvalue weighted by Crippen LogP contribution is -2.31. The van der Waals surface area contributed by atoms with E-state index in [1.807, 2.05) is 0 Å². The molecule has 27 heavy (non-hydrogen) atoms. The minimum atomic E-state index is -3.46. The number of allylic oxidation sites excluding steroid dienone is 2. The summed E-state index contributed by atoms with van der Waals surface area (Å²) in [5, 5.41) is 0. The van der Waals surface area contributed by atoms with Crippen molar-refractivity contribution < 1.29 is 31.2 Å². The van der Waals surface area contributed by atoms with Crippen molar-refractivity contribution in [3.05, 3.63) is 25.3 Å². The monoisotopic (exact) mass is 422 g/mol. The van der Waals surface area contributed by atoms with Gasteiger partial charge in [0.15, 0.2) is 19.7 Å². The Morgan fingerprint density at radius 2 is 1.15 bits per heavy atom. The molecule has 2 unspecified atom stereocenters. The summed E-state index contributed by atoms with van der Waals surface area (Å²) < 4.78 is 52.4. The van der Waals surface area contributed by atoms with Crippen LogP contribution in [0.25, 0.3) is 0 Å². The van der Waals surface area contributed by atoms with Gasteiger partial charge in [-0.1, -0.05) is 26.0 Å². The zero-order valence-corrected chi connectivity index (χ0v) is 17.7. The Hall–Kier alpha value is -1.48. The van der Waals surface area contributed by atoms with Crippen LogP contribution in [-0.4, -0.2) is 51.8 Å². The van der Waals surface area contributed by atoms with Crippen LogP contribution in [-0.2, 0) is 34.0 Å². The normalized spacial score (nSPS) is 14.1. The maximum absolute atomic E-state index is 12.0. The van der Waals surface area contributed by atoms with Crippen LogP contribution in [0.15, 0.2) is 25.3 Å². The van der Waals surface area contributed by atoms with Gasteiger partial charge in [-0.25, -0.2) is 16.8 Å². The van der Waals surface area contributed by atoms with E-state index in [1.165, 1.54) is 13.8 Å². The van der Waals surface area contributed by atoms with E-state index in [9.17, 15) is 26.4 Å². The van der Waals surface area contributed by atoms with E-state index in [2.05, 4.69) is 17.9 Å². The molecule has 0 spiro atoms. The summed E-state index contributed by atoms with van der Waals surface area (Å²) >= 11 is 0. The van der Waals surface area contributed by atoms with Crippen molar-refractivity contribution in [1.29, 1.82) is 0 Å². The van der Waals surface area contributed by atoms with Crippen molar-refractivity contribution in [2.24, 2.45) is 11.8 Å². The zero-order valence-electron chi connectivity index (χ0n) is 16.1. The highest BCUT2D eigenvalue weighted by atomic mass is 32.2. The van der Waals surface area contributed by atoms with Gasteiger partial charge in [-0.3, -0.25) is 9.59 Å². The van der Waals surface area contributed by atoms with Crippen LogP contribution < -0.4 is 0 Å². The largest absolute Gasteiger partial charge is 0.393 e. The summed E-state index contributed by atoms with van der Waals surface area (Å²) in [4.78, 5) is 23.9. The third kappa shape index (κ3) is 11.8. The van der Waals surface area contributed by atoms with Gasteiger partial charge in [-0.2, -0.15) is 0 Å². The topological polar surface area (TPSA) is 112 Å². The lowest BCUT2D eigenvalue weighted by Gasteiger charge is -2.14. The van der Waals surface area contributed by atoms with Gasteiger partial charge in [0.25, 0.3) is 0 Å². The molecule has 7 nitrogen and oxygen atoms in total. The summed E-state index contributed by atoms with van der Waals surface area (Å²) in [5.74, 6) is -4.98. The van der Waals surface area contributed by atoms with Crippen LogP contribution in [0.2, 0.25) is 0 Å². The predicted octanol–water partition coefficient (Wildman–Crippen LogP) is 2.09. The second-order valence-electron chi connectivity index (χ2n) is 6.63. The first kappa shape index (κ1) is 25.5. The number of hydrogen-bond acceptors (Lipinski definition) is 7. The Kier molecular flexibility index (Phi) is 11.4. The van der Waals surface area contributed by atoms with Gasteiger partial charge in [0, 0.05) is 0 Å². The lowest BCUT2D eigenvalue weighted by molar-refractivity contribution is -0.164. The Labute approximate surface area is 162 Å². The zero-order chi connectivity index (χ0) is 21.1. The molecule has 0 bridgehead atoms. The summed E-state index contributed by atoms with van der Waals surface area (Å²) in [5.41, 5.74) is 0. The van der Waals surface area contributed by atoms with Gasteiger partial charge in [0.05, 0.1) is 34.8 Å². The maximum Gasteiger partial charge on any atom is 0.317 e. The minimum Gasteiger partial charge on any atom is -0.393 e. The SMILES string of the molecule is C=CCCCS(=O)(=O)CC(C)C(=O)OC(=O)C(C)CS(=O)(=O)CCCC=C. The molecule has 0 aromatic heterocycles. The second-order valence-corrected chi connectivity index (χ2v) is 11.1. The number of carbonyl (C=O) groups is 2. The summed E-state index contributed by atoms with van der Waals surface area (Å²) in [7, 11) is -6.92. The lowest BCUT2D eigenvalue weighted by atomic mass is 10.2. The molecule has 0 amide bonds. The highest BCUT2D eigenvalue weighted by Crippen LogP contribution is 2.11. The molecule has 0 rings (SSSR count). The quantitative estimate of drug-likeness (QED) is 0.182. The number of rotatable bonds is 14. The first-order valence-electron chi connectivity index (χ1n) is 8.82. The van der Waals surface area contributed by atoms with E-state index in [-0.39, 0.29) is 11.5 Å². The van der Waals surface area contributed by atoms with Gasteiger partial charge >= 0.3 is 11.9 Å². The Morgan fingerprint density at radius 1 is 0.815 bits per heavy atom. The van der Waals surface area contributed by atoms with E-state index >= 15 is 0 Å². The number of carbonyl (C=O) groups excluding carboxylic acids is 2. The number of esters is 2. The van der Waals surface area contributed by atoms with Crippen LogP contribution in [0.3, 0.4) is 0 Å². The smallest absolute Gasteiger partial charge is 0.317 e. The van der Waals surface area contributed by atoms with E-state index in [4.69, 9.17) is 0 Å². The molecule has 0 saturated carbocycles. The highest BCUT2D eigenvalue weighted by molar-refractivity contribution is 7.91. The van der Waals surface area contributed by atoms with Crippen LogP contribution in [0.4, 0.5) is 0 Å². The molecule has 0 aliphatic carbocycles. The number of hydrogen-bond donors (Lipinski definition) is 0. The van der Waals surface area contributed by atoms with Crippen LogP contribution in [0.1, 0.15) is 39.5 Å². The van der Waals surface area contributed by atoms with Crippen molar-refractivity contribution in [2.45, 2.75) is 39.5 Å². The average molecular weight is 423 g/mol.